The Bertz CT molecular complexity index is 345. The number of hydrogen-bond donors (Lipinski definition) is 1. The van der Waals surface area contributed by atoms with Crippen molar-refractivity contribution in [2.75, 3.05) is 32.5 Å². The smallest absolute Gasteiger partial charge is 0.0343 e. The van der Waals surface area contributed by atoms with Gasteiger partial charge in [0.1, 0.15) is 0 Å². The van der Waals surface area contributed by atoms with Crippen LogP contribution in [0.2, 0.25) is 0 Å². The van der Waals surface area contributed by atoms with Gasteiger partial charge in [0.25, 0.3) is 0 Å². The molecule has 0 aliphatic heterocycles. The largest absolute Gasteiger partial charge is 0.384 e. The summed E-state index contributed by atoms with van der Waals surface area (Å²) in [7, 11) is 4.21. The number of anilines is 1. The van der Waals surface area contributed by atoms with E-state index in [2.05, 4.69) is 42.5 Å². The Morgan fingerprint density at radius 1 is 1.12 bits per heavy atom. The molecule has 1 aromatic carbocycles. The third kappa shape index (κ3) is 2.99. The van der Waals surface area contributed by atoms with Crippen molar-refractivity contribution in [1.29, 1.82) is 0 Å². The Hall–Kier alpha value is -1.02. The van der Waals surface area contributed by atoms with Gasteiger partial charge in [0.05, 0.1) is 0 Å². The molecule has 0 saturated carbocycles. The third-order valence-electron chi connectivity index (χ3n) is 3.24. The Morgan fingerprint density at radius 3 is 2.62 bits per heavy atom. The molecular formula is C14H22N2. The molecule has 0 atom stereocenters. The number of rotatable bonds is 4. The molecule has 1 aliphatic carbocycles. The first-order chi connectivity index (χ1) is 7.75. The quantitative estimate of drug-likeness (QED) is 0.835. The van der Waals surface area contributed by atoms with Gasteiger partial charge < -0.3 is 10.2 Å². The minimum atomic E-state index is 1.02. The number of fused-ring (bicyclic) bond motifs is 1. The maximum atomic E-state index is 3.48. The fourth-order valence-corrected chi connectivity index (χ4v) is 2.27. The predicted octanol–water partition coefficient (Wildman–Crippen LogP) is 2.54. The number of hydrogen-bond acceptors (Lipinski definition) is 2. The Balaban J connectivity index is 1.95. The molecule has 0 aromatic heterocycles. The maximum Gasteiger partial charge on any atom is 0.0343 e. The Labute approximate surface area is 98.7 Å². The standard InChI is InChI=1S/C14H22N2/c1-16(2)10-9-15-14-8-7-12-5-3-4-6-13(12)11-14/h7-8,11,15H,3-6,9-10H2,1-2H3. The van der Waals surface area contributed by atoms with Crippen LogP contribution >= 0.6 is 0 Å². The van der Waals surface area contributed by atoms with Gasteiger partial charge in [0.15, 0.2) is 0 Å². The molecule has 0 spiro atoms. The normalized spacial score (nSPS) is 14.9. The molecule has 2 heteroatoms. The first kappa shape index (κ1) is 11.5. The van der Waals surface area contributed by atoms with Crippen LogP contribution in [-0.2, 0) is 12.8 Å². The molecule has 0 bridgehead atoms. The molecule has 2 rings (SSSR count). The maximum absolute atomic E-state index is 3.48. The van der Waals surface area contributed by atoms with Gasteiger partial charge in [0.2, 0.25) is 0 Å². The lowest BCUT2D eigenvalue weighted by atomic mass is 9.91. The van der Waals surface area contributed by atoms with E-state index < -0.39 is 0 Å². The zero-order chi connectivity index (χ0) is 11.4. The summed E-state index contributed by atoms with van der Waals surface area (Å²) < 4.78 is 0. The van der Waals surface area contributed by atoms with Crippen LogP contribution in [0.4, 0.5) is 5.69 Å². The van der Waals surface area contributed by atoms with E-state index in [4.69, 9.17) is 0 Å². The summed E-state index contributed by atoms with van der Waals surface area (Å²) in [5, 5.41) is 3.48. The second-order valence-electron chi connectivity index (χ2n) is 4.92. The number of likely N-dealkylation sites (N-methyl/N-ethyl adjacent to an activating group) is 1. The lowest BCUT2D eigenvalue weighted by Crippen LogP contribution is -2.20. The molecule has 1 aromatic rings. The number of nitrogens with zero attached hydrogens (tertiary/aromatic N) is 1. The summed E-state index contributed by atoms with van der Waals surface area (Å²) in [6.07, 6.45) is 5.25. The molecule has 16 heavy (non-hydrogen) atoms. The van der Waals surface area contributed by atoms with E-state index in [0.29, 0.717) is 0 Å². The Kier molecular flexibility index (Phi) is 3.83. The SMILES string of the molecule is CN(C)CCNc1ccc2c(c1)CCCC2. The predicted molar refractivity (Wildman–Crippen MR) is 70.1 cm³/mol. The highest BCUT2D eigenvalue weighted by Crippen LogP contribution is 2.23. The molecule has 0 saturated heterocycles. The second-order valence-corrected chi connectivity index (χ2v) is 4.92. The average Bonchev–Trinajstić information content (AvgIpc) is 2.28. The number of aryl methyl sites for hydroxylation is 2. The lowest BCUT2D eigenvalue weighted by Gasteiger charge is -2.17. The van der Waals surface area contributed by atoms with E-state index in [1.807, 2.05) is 0 Å². The first-order valence-corrected chi connectivity index (χ1v) is 6.26. The molecule has 0 fully saturated rings. The van der Waals surface area contributed by atoms with Gasteiger partial charge >= 0.3 is 0 Å². The molecule has 0 unspecified atom stereocenters. The molecule has 0 heterocycles. The fraction of sp³-hybridized carbons (Fsp3) is 0.571. The minimum absolute atomic E-state index is 1.02. The highest BCUT2D eigenvalue weighted by Gasteiger charge is 2.08. The van der Waals surface area contributed by atoms with Gasteiger partial charge in [-0.25, -0.2) is 0 Å². The van der Waals surface area contributed by atoms with Crippen molar-refractivity contribution < 1.29 is 0 Å². The summed E-state index contributed by atoms with van der Waals surface area (Å²) in [6.45, 7) is 2.10. The van der Waals surface area contributed by atoms with Crippen molar-refractivity contribution in [2.45, 2.75) is 25.7 Å². The molecular weight excluding hydrogens is 196 g/mol. The van der Waals surface area contributed by atoms with Crippen LogP contribution in [-0.4, -0.2) is 32.1 Å². The van der Waals surface area contributed by atoms with Gasteiger partial charge in [-0.3, -0.25) is 0 Å². The average molecular weight is 218 g/mol. The second kappa shape index (κ2) is 5.35. The summed E-state index contributed by atoms with van der Waals surface area (Å²) in [6, 6.07) is 6.86. The summed E-state index contributed by atoms with van der Waals surface area (Å²) in [4.78, 5) is 2.20. The van der Waals surface area contributed by atoms with Gasteiger partial charge in [-0.2, -0.15) is 0 Å². The zero-order valence-corrected chi connectivity index (χ0v) is 10.4. The van der Waals surface area contributed by atoms with Crippen LogP contribution in [0.25, 0.3) is 0 Å². The monoisotopic (exact) mass is 218 g/mol. The van der Waals surface area contributed by atoms with Gasteiger partial charge in [0, 0.05) is 18.8 Å². The van der Waals surface area contributed by atoms with Crippen LogP contribution in [0.15, 0.2) is 18.2 Å². The van der Waals surface area contributed by atoms with Crippen molar-refractivity contribution in [3.8, 4) is 0 Å². The van der Waals surface area contributed by atoms with Crippen molar-refractivity contribution >= 4 is 5.69 Å². The molecule has 0 amide bonds. The van der Waals surface area contributed by atoms with Crippen LogP contribution in [0.5, 0.6) is 0 Å². The minimum Gasteiger partial charge on any atom is -0.384 e. The summed E-state index contributed by atoms with van der Waals surface area (Å²) >= 11 is 0. The number of nitrogens with one attached hydrogen (secondary N) is 1. The topological polar surface area (TPSA) is 15.3 Å². The molecule has 88 valence electrons. The molecule has 0 radical (unpaired) electrons. The van der Waals surface area contributed by atoms with Crippen LogP contribution in [0, 0.1) is 0 Å². The van der Waals surface area contributed by atoms with Crippen molar-refractivity contribution in [2.24, 2.45) is 0 Å². The fourth-order valence-electron chi connectivity index (χ4n) is 2.27. The number of benzene rings is 1. The van der Waals surface area contributed by atoms with Crippen molar-refractivity contribution in [1.82, 2.24) is 4.90 Å². The van der Waals surface area contributed by atoms with Crippen LogP contribution in [0.3, 0.4) is 0 Å². The summed E-state index contributed by atoms with van der Waals surface area (Å²) in [5.41, 5.74) is 4.40. The summed E-state index contributed by atoms with van der Waals surface area (Å²) in [5.74, 6) is 0. The molecule has 2 nitrogen and oxygen atoms in total. The third-order valence-corrected chi connectivity index (χ3v) is 3.24. The highest BCUT2D eigenvalue weighted by atomic mass is 15.1. The van der Waals surface area contributed by atoms with E-state index >= 15 is 0 Å². The highest BCUT2D eigenvalue weighted by molar-refractivity contribution is 5.49. The molecule has 1 N–H and O–H groups in total. The van der Waals surface area contributed by atoms with E-state index in [1.165, 1.54) is 31.4 Å². The van der Waals surface area contributed by atoms with E-state index in [-0.39, 0.29) is 0 Å². The van der Waals surface area contributed by atoms with E-state index in [1.54, 1.807) is 11.1 Å². The van der Waals surface area contributed by atoms with E-state index in [9.17, 15) is 0 Å². The van der Waals surface area contributed by atoms with Crippen molar-refractivity contribution in [3.05, 3.63) is 29.3 Å². The van der Waals surface area contributed by atoms with Crippen LogP contribution < -0.4 is 5.32 Å². The van der Waals surface area contributed by atoms with Gasteiger partial charge in [-0.15, -0.1) is 0 Å². The van der Waals surface area contributed by atoms with Gasteiger partial charge in [-0.05, 0) is 63.0 Å². The zero-order valence-electron chi connectivity index (χ0n) is 10.4. The van der Waals surface area contributed by atoms with Gasteiger partial charge in [-0.1, -0.05) is 6.07 Å². The Morgan fingerprint density at radius 2 is 1.88 bits per heavy atom. The lowest BCUT2D eigenvalue weighted by molar-refractivity contribution is 0.425. The first-order valence-electron chi connectivity index (χ1n) is 6.26. The van der Waals surface area contributed by atoms with Crippen LogP contribution in [0.1, 0.15) is 24.0 Å². The van der Waals surface area contributed by atoms with E-state index in [0.717, 1.165) is 13.1 Å². The molecule has 1 aliphatic rings. The van der Waals surface area contributed by atoms with Crippen molar-refractivity contribution in [3.63, 3.8) is 0 Å².